The molecule has 2 aromatic carbocycles. The van der Waals surface area contributed by atoms with E-state index in [1.54, 1.807) is 0 Å². The van der Waals surface area contributed by atoms with Crippen molar-refractivity contribution in [2.24, 2.45) is 5.41 Å². The topological polar surface area (TPSA) is 34.1 Å². The van der Waals surface area contributed by atoms with Crippen molar-refractivity contribution in [1.29, 1.82) is 0 Å². The Morgan fingerprint density at radius 2 is 1.32 bits per heavy atom. The predicted molar refractivity (Wildman–Crippen MR) is 107 cm³/mol. The van der Waals surface area contributed by atoms with E-state index in [1.165, 1.54) is 12.8 Å². The minimum Gasteiger partial charge on any atom is -0.306 e. The normalized spacial score (nSPS) is 12.1. The summed E-state index contributed by atoms with van der Waals surface area (Å²) in [5.41, 5.74) is -0.733. The fraction of sp³-hybridized carbons (Fsp3) is 0.409. The Kier molecular flexibility index (Phi) is 6.79. The molecule has 2 aromatic rings. The lowest BCUT2D eigenvalue weighted by Gasteiger charge is -2.29. The summed E-state index contributed by atoms with van der Waals surface area (Å²) in [6, 6.07) is 18.5. The molecule has 0 atom stereocenters. The van der Waals surface area contributed by atoms with Gasteiger partial charge in [0, 0.05) is 16.0 Å². The Hall–Kier alpha value is -1.66. The van der Waals surface area contributed by atoms with Crippen molar-refractivity contribution in [2.45, 2.75) is 52.9 Å². The Labute approximate surface area is 152 Å². The van der Waals surface area contributed by atoms with Crippen LogP contribution in [0.5, 0.6) is 0 Å². The van der Waals surface area contributed by atoms with Gasteiger partial charge in [0.2, 0.25) is 12.7 Å². The maximum Gasteiger partial charge on any atom is 0.205 e. The first kappa shape index (κ1) is 19.7. The number of hydrogen-bond acceptors (Lipinski definition) is 2. The Morgan fingerprint density at radius 1 is 0.840 bits per heavy atom. The van der Waals surface area contributed by atoms with Crippen LogP contribution in [0.3, 0.4) is 0 Å². The number of hydrogen-bond donors (Lipinski definition) is 0. The fourth-order valence-electron chi connectivity index (χ4n) is 3.19. The van der Waals surface area contributed by atoms with Crippen LogP contribution in [0.25, 0.3) is 0 Å². The van der Waals surface area contributed by atoms with Gasteiger partial charge >= 0.3 is 0 Å². The van der Waals surface area contributed by atoms with Gasteiger partial charge in [-0.25, -0.2) is 0 Å². The number of carbonyl (C=O) groups excluding carboxylic acids is 1. The average Bonchev–Trinajstić information content (AvgIpc) is 2.65. The zero-order chi connectivity index (χ0) is 18.3. The van der Waals surface area contributed by atoms with Crippen LogP contribution in [0.4, 0.5) is 0 Å². The van der Waals surface area contributed by atoms with Gasteiger partial charge < -0.3 is 4.57 Å². The molecule has 2 rings (SSSR count). The van der Waals surface area contributed by atoms with E-state index < -0.39 is 12.6 Å². The molecule has 0 aliphatic carbocycles. The Balaban J connectivity index is 2.39. The van der Waals surface area contributed by atoms with E-state index in [2.05, 4.69) is 6.92 Å². The molecular weight excluding hydrogens is 327 g/mol. The molecule has 3 heteroatoms. The lowest BCUT2D eigenvalue weighted by molar-refractivity contribution is -0.119. The molecule has 0 saturated heterocycles. The van der Waals surface area contributed by atoms with E-state index in [4.69, 9.17) is 0 Å². The maximum atomic E-state index is 14.1. The maximum absolute atomic E-state index is 14.1. The molecule has 0 spiro atoms. The molecule has 0 radical (unpaired) electrons. The van der Waals surface area contributed by atoms with Gasteiger partial charge in [-0.3, -0.25) is 4.79 Å². The molecule has 0 aliphatic heterocycles. The zero-order valence-corrected chi connectivity index (χ0v) is 16.5. The number of rotatable bonds is 9. The smallest absolute Gasteiger partial charge is 0.205 e. The van der Waals surface area contributed by atoms with E-state index in [9.17, 15) is 9.36 Å². The van der Waals surface area contributed by atoms with E-state index in [-0.39, 0.29) is 5.52 Å². The molecule has 0 amide bonds. The van der Waals surface area contributed by atoms with Crippen molar-refractivity contribution in [3.05, 3.63) is 60.7 Å². The predicted octanol–water partition coefficient (Wildman–Crippen LogP) is 5.52. The van der Waals surface area contributed by atoms with Crippen LogP contribution in [0.1, 0.15) is 52.9 Å². The van der Waals surface area contributed by atoms with Crippen LogP contribution >= 0.6 is 7.14 Å². The zero-order valence-electron chi connectivity index (χ0n) is 15.6. The first-order valence-corrected chi connectivity index (χ1v) is 10.9. The van der Waals surface area contributed by atoms with E-state index in [0.717, 1.165) is 19.3 Å². The average molecular weight is 356 g/mol. The monoisotopic (exact) mass is 356 g/mol. The van der Waals surface area contributed by atoms with Crippen molar-refractivity contribution in [2.75, 3.05) is 0 Å². The van der Waals surface area contributed by atoms with Crippen LogP contribution in [-0.2, 0) is 9.36 Å². The van der Waals surface area contributed by atoms with E-state index >= 15 is 0 Å². The fourth-order valence-corrected chi connectivity index (χ4v) is 6.10. The Morgan fingerprint density at radius 3 is 1.76 bits per heavy atom. The lowest BCUT2D eigenvalue weighted by atomic mass is 9.88. The molecule has 0 unspecified atom stereocenters. The summed E-state index contributed by atoms with van der Waals surface area (Å²) in [7, 11) is -3.33. The highest BCUT2D eigenvalue weighted by molar-refractivity contribution is 7.93. The van der Waals surface area contributed by atoms with Crippen LogP contribution in [0, 0.1) is 5.41 Å². The van der Waals surface area contributed by atoms with Gasteiger partial charge in [-0.1, -0.05) is 107 Å². The molecular formula is C22H29O2P. The van der Waals surface area contributed by atoms with E-state index in [0.29, 0.717) is 10.6 Å². The summed E-state index contributed by atoms with van der Waals surface area (Å²) in [5.74, 6) is 0. The number of carbonyl (C=O) groups is 1. The summed E-state index contributed by atoms with van der Waals surface area (Å²) in [4.78, 5) is 13.5. The Bertz CT molecular complexity index is 677. The highest BCUT2D eigenvalue weighted by atomic mass is 31.2. The molecule has 2 nitrogen and oxygen atoms in total. The minimum absolute atomic E-state index is 0.131. The van der Waals surface area contributed by atoms with Crippen LogP contribution in [-0.4, -0.2) is 5.52 Å². The highest BCUT2D eigenvalue weighted by Gasteiger charge is 2.43. The number of unbranched alkanes of at least 4 members (excludes halogenated alkanes) is 3. The number of benzene rings is 2. The summed E-state index contributed by atoms with van der Waals surface area (Å²) < 4.78 is 14.1. The second-order valence-electron chi connectivity index (χ2n) is 7.28. The van der Waals surface area contributed by atoms with Gasteiger partial charge in [-0.05, 0) is 6.42 Å². The van der Waals surface area contributed by atoms with Gasteiger partial charge in [-0.15, -0.1) is 0 Å². The summed E-state index contributed by atoms with van der Waals surface area (Å²) in [5, 5.41) is 1.26. The molecule has 0 bridgehead atoms. The largest absolute Gasteiger partial charge is 0.306 e. The molecule has 0 aromatic heterocycles. The molecule has 0 aliphatic rings. The van der Waals surface area contributed by atoms with Gasteiger partial charge in [0.15, 0.2) is 0 Å². The standard InChI is InChI=1S/C22H29O2P/c1-4-5-6-13-18-22(2,3)21(23)25(24,19-14-9-7-10-15-19)20-16-11-8-12-17-20/h7-12,14-17H,4-6,13,18H2,1-3H3. The summed E-state index contributed by atoms with van der Waals surface area (Å²) in [6.07, 6.45) is 5.24. The van der Waals surface area contributed by atoms with Crippen molar-refractivity contribution in [3.8, 4) is 0 Å². The van der Waals surface area contributed by atoms with Gasteiger partial charge in [-0.2, -0.15) is 0 Å². The van der Waals surface area contributed by atoms with Gasteiger partial charge in [0.05, 0.1) is 0 Å². The SMILES string of the molecule is CCCCCCC(C)(C)C(=O)P(=O)(c1ccccc1)c1ccccc1. The molecule has 134 valence electrons. The minimum atomic E-state index is -3.33. The van der Waals surface area contributed by atoms with Crippen LogP contribution < -0.4 is 10.6 Å². The van der Waals surface area contributed by atoms with Crippen molar-refractivity contribution >= 4 is 23.3 Å². The third-order valence-corrected chi connectivity index (χ3v) is 7.99. The second-order valence-corrected chi connectivity index (χ2v) is 9.94. The van der Waals surface area contributed by atoms with Crippen molar-refractivity contribution in [1.82, 2.24) is 0 Å². The quantitative estimate of drug-likeness (QED) is 0.438. The van der Waals surface area contributed by atoms with E-state index in [1.807, 2.05) is 74.5 Å². The third kappa shape index (κ3) is 4.50. The summed E-state index contributed by atoms with van der Waals surface area (Å²) in [6.45, 7) is 6.06. The highest BCUT2D eigenvalue weighted by Crippen LogP contribution is 2.51. The van der Waals surface area contributed by atoms with Gasteiger partial charge in [0.25, 0.3) is 0 Å². The summed E-state index contributed by atoms with van der Waals surface area (Å²) >= 11 is 0. The third-order valence-electron chi connectivity index (χ3n) is 4.76. The molecule has 0 N–H and O–H groups in total. The first-order valence-electron chi connectivity index (χ1n) is 9.19. The van der Waals surface area contributed by atoms with Crippen molar-refractivity contribution < 1.29 is 9.36 Å². The molecule has 0 saturated carbocycles. The molecule has 25 heavy (non-hydrogen) atoms. The first-order chi connectivity index (χ1) is 11.9. The molecule has 0 heterocycles. The van der Waals surface area contributed by atoms with Crippen LogP contribution in [0.2, 0.25) is 0 Å². The van der Waals surface area contributed by atoms with Gasteiger partial charge in [0.1, 0.15) is 0 Å². The van der Waals surface area contributed by atoms with Crippen molar-refractivity contribution in [3.63, 3.8) is 0 Å². The molecule has 0 fully saturated rings. The second kappa shape index (κ2) is 8.63. The van der Waals surface area contributed by atoms with Crippen LogP contribution in [0.15, 0.2) is 60.7 Å². The lowest BCUT2D eigenvalue weighted by Crippen LogP contribution is -2.32.